The molecule has 0 aliphatic heterocycles. The SMILES string of the molecule is COC(=O)C(C)(C)C(N)c1cc(C)c(C)cc1C. The quantitative estimate of drug-likeness (QED) is 0.838. The van der Waals surface area contributed by atoms with E-state index >= 15 is 0 Å². The van der Waals surface area contributed by atoms with Crippen LogP contribution in [0.25, 0.3) is 0 Å². The van der Waals surface area contributed by atoms with Crippen LogP contribution < -0.4 is 5.73 Å². The molecular formula is C15H23NO2. The van der Waals surface area contributed by atoms with Crippen LogP contribution >= 0.6 is 0 Å². The molecule has 1 rings (SSSR count). The Morgan fingerprint density at radius 2 is 1.67 bits per heavy atom. The van der Waals surface area contributed by atoms with Crippen molar-refractivity contribution in [3.05, 3.63) is 34.4 Å². The van der Waals surface area contributed by atoms with Gasteiger partial charge in [0.25, 0.3) is 0 Å². The van der Waals surface area contributed by atoms with E-state index in [0.717, 1.165) is 11.1 Å². The number of ether oxygens (including phenoxy) is 1. The van der Waals surface area contributed by atoms with Crippen LogP contribution in [-0.2, 0) is 9.53 Å². The molecule has 1 atom stereocenters. The van der Waals surface area contributed by atoms with Gasteiger partial charge in [-0.3, -0.25) is 4.79 Å². The van der Waals surface area contributed by atoms with Gasteiger partial charge in [0.15, 0.2) is 0 Å². The topological polar surface area (TPSA) is 52.3 Å². The Hall–Kier alpha value is -1.35. The normalized spacial score (nSPS) is 13.3. The molecular weight excluding hydrogens is 226 g/mol. The van der Waals surface area contributed by atoms with E-state index < -0.39 is 5.41 Å². The molecule has 0 radical (unpaired) electrons. The summed E-state index contributed by atoms with van der Waals surface area (Å²) in [6, 6.07) is 3.81. The first-order valence-corrected chi connectivity index (χ1v) is 6.13. The van der Waals surface area contributed by atoms with Crippen LogP contribution in [0.5, 0.6) is 0 Å². The molecule has 0 fully saturated rings. The van der Waals surface area contributed by atoms with Crippen LogP contribution in [0.4, 0.5) is 0 Å². The van der Waals surface area contributed by atoms with Gasteiger partial charge in [0.05, 0.1) is 12.5 Å². The number of carbonyl (C=O) groups excluding carboxylic acids is 1. The predicted octanol–water partition coefficient (Wildman–Crippen LogP) is 2.81. The summed E-state index contributed by atoms with van der Waals surface area (Å²) in [5.41, 5.74) is 10.1. The highest BCUT2D eigenvalue weighted by molar-refractivity contribution is 5.77. The minimum atomic E-state index is -0.735. The van der Waals surface area contributed by atoms with Crippen molar-refractivity contribution in [1.29, 1.82) is 0 Å². The number of aryl methyl sites for hydroxylation is 3. The van der Waals surface area contributed by atoms with Gasteiger partial charge in [-0.25, -0.2) is 0 Å². The molecule has 0 aliphatic rings. The number of hydrogen-bond donors (Lipinski definition) is 1. The second kappa shape index (κ2) is 5.11. The van der Waals surface area contributed by atoms with E-state index in [2.05, 4.69) is 26.0 Å². The number of rotatable bonds is 3. The molecule has 0 amide bonds. The van der Waals surface area contributed by atoms with Gasteiger partial charge in [-0.1, -0.05) is 12.1 Å². The molecule has 0 saturated heterocycles. The molecule has 0 spiro atoms. The molecule has 0 aliphatic carbocycles. The van der Waals surface area contributed by atoms with Gasteiger partial charge >= 0.3 is 5.97 Å². The lowest BCUT2D eigenvalue weighted by molar-refractivity contribution is -0.152. The highest BCUT2D eigenvalue weighted by atomic mass is 16.5. The number of carbonyl (C=O) groups is 1. The lowest BCUT2D eigenvalue weighted by atomic mass is 9.79. The maximum absolute atomic E-state index is 11.8. The molecule has 0 aromatic heterocycles. The standard InChI is InChI=1S/C15H23NO2/c1-9-7-11(3)12(8-10(9)2)13(16)15(4,5)14(17)18-6/h7-8,13H,16H2,1-6H3. The summed E-state index contributed by atoms with van der Waals surface area (Å²) >= 11 is 0. The van der Waals surface area contributed by atoms with Gasteiger partial charge in [0.2, 0.25) is 0 Å². The fraction of sp³-hybridized carbons (Fsp3) is 0.533. The number of benzene rings is 1. The smallest absolute Gasteiger partial charge is 0.313 e. The van der Waals surface area contributed by atoms with Crippen LogP contribution in [0.3, 0.4) is 0 Å². The Labute approximate surface area is 109 Å². The third-order valence-electron chi connectivity index (χ3n) is 3.71. The van der Waals surface area contributed by atoms with Crippen molar-refractivity contribution in [1.82, 2.24) is 0 Å². The number of methoxy groups -OCH3 is 1. The van der Waals surface area contributed by atoms with Crippen LogP contribution in [0, 0.1) is 26.2 Å². The third kappa shape index (κ3) is 2.56. The Bertz CT molecular complexity index is 464. The van der Waals surface area contributed by atoms with Gasteiger partial charge in [-0.05, 0) is 56.9 Å². The van der Waals surface area contributed by atoms with Crippen LogP contribution in [0.15, 0.2) is 12.1 Å². The molecule has 1 unspecified atom stereocenters. The Balaban J connectivity index is 3.22. The van der Waals surface area contributed by atoms with Crippen molar-refractivity contribution < 1.29 is 9.53 Å². The summed E-state index contributed by atoms with van der Waals surface area (Å²) in [6.07, 6.45) is 0. The van der Waals surface area contributed by atoms with Gasteiger partial charge < -0.3 is 10.5 Å². The van der Waals surface area contributed by atoms with Crippen molar-refractivity contribution in [2.24, 2.45) is 11.1 Å². The predicted molar refractivity (Wildman–Crippen MR) is 73.4 cm³/mol. The van der Waals surface area contributed by atoms with E-state index in [1.54, 1.807) is 0 Å². The number of hydrogen-bond acceptors (Lipinski definition) is 3. The zero-order valence-electron chi connectivity index (χ0n) is 12.1. The number of esters is 1. The molecule has 100 valence electrons. The highest BCUT2D eigenvalue weighted by Crippen LogP contribution is 2.34. The van der Waals surface area contributed by atoms with Crippen LogP contribution in [0.1, 0.15) is 42.1 Å². The first kappa shape index (κ1) is 14.7. The van der Waals surface area contributed by atoms with E-state index in [-0.39, 0.29) is 12.0 Å². The second-order valence-corrected chi connectivity index (χ2v) is 5.48. The second-order valence-electron chi connectivity index (χ2n) is 5.48. The fourth-order valence-corrected chi connectivity index (χ4v) is 2.10. The van der Waals surface area contributed by atoms with Gasteiger partial charge in [-0.2, -0.15) is 0 Å². The highest BCUT2D eigenvalue weighted by Gasteiger charge is 2.37. The maximum atomic E-state index is 11.8. The van der Waals surface area contributed by atoms with Crippen molar-refractivity contribution in [3.63, 3.8) is 0 Å². The van der Waals surface area contributed by atoms with E-state index in [1.807, 2.05) is 20.8 Å². The zero-order chi connectivity index (χ0) is 14.1. The van der Waals surface area contributed by atoms with Crippen LogP contribution in [0.2, 0.25) is 0 Å². The van der Waals surface area contributed by atoms with E-state index in [0.29, 0.717) is 0 Å². The molecule has 1 aromatic carbocycles. The van der Waals surface area contributed by atoms with Gasteiger partial charge in [-0.15, -0.1) is 0 Å². The Morgan fingerprint density at radius 1 is 1.17 bits per heavy atom. The summed E-state index contributed by atoms with van der Waals surface area (Å²) in [6.45, 7) is 9.78. The Morgan fingerprint density at radius 3 is 2.17 bits per heavy atom. The lowest BCUT2D eigenvalue weighted by Crippen LogP contribution is -2.37. The van der Waals surface area contributed by atoms with Crippen LogP contribution in [-0.4, -0.2) is 13.1 Å². The molecule has 18 heavy (non-hydrogen) atoms. The average Bonchev–Trinajstić information content (AvgIpc) is 2.31. The fourth-order valence-electron chi connectivity index (χ4n) is 2.10. The summed E-state index contributed by atoms with van der Waals surface area (Å²) < 4.78 is 4.83. The first-order chi connectivity index (χ1) is 8.21. The molecule has 0 saturated carbocycles. The van der Waals surface area contributed by atoms with E-state index in [1.165, 1.54) is 18.2 Å². The molecule has 3 nitrogen and oxygen atoms in total. The average molecular weight is 249 g/mol. The van der Waals surface area contributed by atoms with E-state index in [9.17, 15) is 4.79 Å². The minimum absolute atomic E-state index is 0.285. The maximum Gasteiger partial charge on any atom is 0.313 e. The summed E-state index contributed by atoms with van der Waals surface area (Å²) in [5.74, 6) is -0.285. The van der Waals surface area contributed by atoms with Gasteiger partial charge in [0, 0.05) is 6.04 Å². The summed E-state index contributed by atoms with van der Waals surface area (Å²) in [4.78, 5) is 11.8. The number of nitrogens with two attached hydrogens (primary N) is 1. The largest absolute Gasteiger partial charge is 0.469 e. The lowest BCUT2D eigenvalue weighted by Gasteiger charge is -2.30. The molecule has 1 aromatic rings. The summed E-state index contributed by atoms with van der Waals surface area (Å²) in [7, 11) is 1.39. The Kier molecular flexibility index (Phi) is 4.17. The van der Waals surface area contributed by atoms with Crippen molar-refractivity contribution >= 4 is 5.97 Å². The molecule has 0 heterocycles. The van der Waals surface area contributed by atoms with E-state index in [4.69, 9.17) is 10.5 Å². The van der Waals surface area contributed by atoms with Gasteiger partial charge in [0.1, 0.15) is 0 Å². The van der Waals surface area contributed by atoms with Crippen molar-refractivity contribution in [2.75, 3.05) is 7.11 Å². The first-order valence-electron chi connectivity index (χ1n) is 6.13. The molecule has 0 bridgehead atoms. The minimum Gasteiger partial charge on any atom is -0.469 e. The van der Waals surface area contributed by atoms with Crippen molar-refractivity contribution in [2.45, 2.75) is 40.7 Å². The molecule has 3 heteroatoms. The monoisotopic (exact) mass is 249 g/mol. The third-order valence-corrected chi connectivity index (χ3v) is 3.71. The zero-order valence-corrected chi connectivity index (χ0v) is 12.1. The molecule has 2 N–H and O–H groups in total. The van der Waals surface area contributed by atoms with Crippen molar-refractivity contribution in [3.8, 4) is 0 Å². The summed E-state index contributed by atoms with van der Waals surface area (Å²) in [5, 5.41) is 0.